The molecule has 2 aromatic heterocycles. The molecule has 1 aliphatic carbocycles. The highest BCUT2D eigenvalue weighted by molar-refractivity contribution is 7.15. The van der Waals surface area contributed by atoms with Crippen molar-refractivity contribution in [1.29, 1.82) is 5.26 Å². The van der Waals surface area contributed by atoms with Gasteiger partial charge in [0, 0.05) is 22.7 Å². The van der Waals surface area contributed by atoms with Crippen LogP contribution in [0, 0.1) is 11.3 Å². The smallest absolute Gasteiger partial charge is 0.218 e. The van der Waals surface area contributed by atoms with E-state index in [9.17, 15) is 5.11 Å². The first-order valence-electron chi connectivity index (χ1n) is 11.8. The third kappa shape index (κ3) is 3.81. The fraction of sp³-hybridized carbons (Fsp3) is 0.500. The molecule has 180 valence electrons. The van der Waals surface area contributed by atoms with Gasteiger partial charge >= 0.3 is 0 Å². The topological polar surface area (TPSA) is 124 Å². The van der Waals surface area contributed by atoms with Crippen molar-refractivity contribution in [2.45, 2.75) is 75.3 Å². The van der Waals surface area contributed by atoms with Gasteiger partial charge in [0.1, 0.15) is 23.0 Å². The lowest BCUT2D eigenvalue weighted by molar-refractivity contribution is 0.0831. The van der Waals surface area contributed by atoms with E-state index < -0.39 is 11.7 Å². The van der Waals surface area contributed by atoms with Gasteiger partial charge in [-0.15, -0.1) is 20.4 Å². The van der Waals surface area contributed by atoms with Gasteiger partial charge in [-0.25, -0.2) is 9.37 Å². The Morgan fingerprint density at radius 3 is 2.69 bits per heavy atom. The molecule has 35 heavy (non-hydrogen) atoms. The molecule has 2 N–H and O–H groups in total. The van der Waals surface area contributed by atoms with Gasteiger partial charge in [0.15, 0.2) is 11.6 Å². The van der Waals surface area contributed by atoms with Crippen LogP contribution in [-0.2, 0) is 0 Å². The largest absolute Gasteiger partial charge is 0.507 e. The molecule has 0 radical (unpaired) electrons. The van der Waals surface area contributed by atoms with Crippen molar-refractivity contribution in [3.63, 3.8) is 0 Å². The number of rotatable bonds is 5. The van der Waals surface area contributed by atoms with Crippen LogP contribution < -0.4 is 10.2 Å². The molecular weight excluding hydrogens is 467 g/mol. The van der Waals surface area contributed by atoms with Crippen LogP contribution in [0.1, 0.15) is 51.0 Å². The minimum absolute atomic E-state index is 0.0237. The van der Waals surface area contributed by atoms with Gasteiger partial charge in [0.2, 0.25) is 5.01 Å². The summed E-state index contributed by atoms with van der Waals surface area (Å²) in [6.07, 6.45) is 5.14. The number of aromatic nitrogens is 5. The van der Waals surface area contributed by atoms with Crippen molar-refractivity contribution in [1.82, 2.24) is 30.7 Å². The summed E-state index contributed by atoms with van der Waals surface area (Å²) >= 11 is 1.15. The van der Waals surface area contributed by atoms with Crippen molar-refractivity contribution in [2.24, 2.45) is 0 Å². The van der Waals surface area contributed by atoms with Crippen LogP contribution in [0.5, 0.6) is 5.75 Å². The second kappa shape index (κ2) is 7.90. The molecule has 2 aliphatic heterocycles. The number of aromatic hydroxyl groups is 1. The number of anilines is 1. The van der Waals surface area contributed by atoms with Gasteiger partial charge in [0.05, 0.1) is 17.8 Å². The number of halogens is 1. The standard InChI is InChI=1S/C24H25FN8OS/c1-23-7-8-24(2,32-23)20(25)16(10-23)33(14-4-5-14)18-12-27-21(30-28-18)15-6-3-13(9-17(15)34)22-31-29-19(11-26)35-22/h3,6,9,12,14,16,20,32,34H,4-5,7-8,10H2,1-2H3/t16-,20-,23-,24+/m0/s1. The highest BCUT2D eigenvalue weighted by atomic mass is 32.1. The van der Waals surface area contributed by atoms with E-state index in [2.05, 4.69) is 42.5 Å². The summed E-state index contributed by atoms with van der Waals surface area (Å²) in [5.74, 6) is 0.834. The number of piperidine rings is 1. The highest BCUT2D eigenvalue weighted by Gasteiger charge is 2.58. The Balaban J connectivity index is 1.28. The van der Waals surface area contributed by atoms with E-state index in [1.807, 2.05) is 13.0 Å². The molecule has 2 bridgehead atoms. The Kier molecular flexibility index (Phi) is 5.02. The molecule has 4 atom stereocenters. The zero-order chi connectivity index (χ0) is 24.4. The second-order valence-electron chi connectivity index (χ2n) is 10.3. The maximum atomic E-state index is 15.8. The van der Waals surface area contributed by atoms with E-state index in [1.54, 1.807) is 24.4 Å². The lowest BCUT2D eigenvalue weighted by Gasteiger charge is -2.48. The van der Waals surface area contributed by atoms with Crippen LogP contribution in [0.15, 0.2) is 24.4 Å². The molecular formula is C24H25FN8OS. The molecule has 3 fully saturated rings. The first-order valence-corrected chi connectivity index (χ1v) is 12.6. The summed E-state index contributed by atoms with van der Waals surface area (Å²) in [5, 5.41) is 40.4. The zero-order valence-corrected chi connectivity index (χ0v) is 20.3. The molecule has 6 rings (SSSR count). The molecule has 0 unspecified atom stereocenters. The maximum absolute atomic E-state index is 15.8. The minimum Gasteiger partial charge on any atom is -0.507 e. The number of phenolic OH excluding ortho intramolecular Hbond substituents is 1. The van der Waals surface area contributed by atoms with Crippen LogP contribution in [0.3, 0.4) is 0 Å². The quantitative estimate of drug-likeness (QED) is 0.549. The van der Waals surface area contributed by atoms with E-state index in [1.165, 1.54) is 0 Å². The Morgan fingerprint density at radius 2 is 2.03 bits per heavy atom. The predicted octanol–water partition coefficient (Wildman–Crippen LogP) is 3.61. The lowest BCUT2D eigenvalue weighted by atomic mass is 9.82. The average molecular weight is 493 g/mol. The SMILES string of the molecule is C[C@@]12CC[C@@](C)(N1)[C@@H](F)[C@@H](N(c1cnc(-c3ccc(-c4nnc(C#N)s4)cc3O)nn1)C1CC1)C2. The van der Waals surface area contributed by atoms with E-state index in [0.29, 0.717) is 28.4 Å². The number of benzene rings is 1. The molecule has 3 aromatic rings. The molecule has 11 heteroatoms. The van der Waals surface area contributed by atoms with Gasteiger partial charge in [-0.3, -0.25) is 0 Å². The Labute approximate surface area is 206 Å². The molecule has 0 spiro atoms. The molecule has 9 nitrogen and oxygen atoms in total. The first-order chi connectivity index (χ1) is 16.8. The summed E-state index contributed by atoms with van der Waals surface area (Å²) in [6, 6.07) is 6.94. The number of fused-ring (bicyclic) bond motifs is 2. The monoisotopic (exact) mass is 492 g/mol. The second-order valence-corrected chi connectivity index (χ2v) is 11.3. The van der Waals surface area contributed by atoms with E-state index in [0.717, 1.165) is 37.0 Å². The predicted molar refractivity (Wildman–Crippen MR) is 129 cm³/mol. The maximum Gasteiger partial charge on any atom is 0.218 e. The normalized spacial score (nSPS) is 29.7. The summed E-state index contributed by atoms with van der Waals surface area (Å²) in [5.41, 5.74) is 0.468. The minimum atomic E-state index is -1.02. The number of phenols is 1. The van der Waals surface area contributed by atoms with E-state index in [4.69, 9.17) is 5.26 Å². The first kappa shape index (κ1) is 22.2. The van der Waals surface area contributed by atoms with Crippen molar-refractivity contribution < 1.29 is 9.50 Å². The van der Waals surface area contributed by atoms with Crippen LogP contribution in [-0.4, -0.2) is 59.8 Å². The average Bonchev–Trinajstić information content (AvgIpc) is 3.48. The number of hydrogen-bond donors (Lipinski definition) is 2. The molecule has 4 heterocycles. The fourth-order valence-corrected chi connectivity index (χ4v) is 6.31. The third-order valence-electron chi connectivity index (χ3n) is 7.51. The van der Waals surface area contributed by atoms with Gasteiger partial charge in [0.25, 0.3) is 0 Å². The van der Waals surface area contributed by atoms with Gasteiger partial charge in [-0.1, -0.05) is 17.4 Å². The van der Waals surface area contributed by atoms with Crippen molar-refractivity contribution in [2.75, 3.05) is 4.90 Å². The molecule has 0 amide bonds. The highest BCUT2D eigenvalue weighted by Crippen LogP contribution is 2.47. The van der Waals surface area contributed by atoms with Crippen molar-refractivity contribution in [3.8, 4) is 33.8 Å². The number of nitrogens with one attached hydrogen (secondary N) is 1. The number of hydrogen-bond acceptors (Lipinski definition) is 10. The van der Waals surface area contributed by atoms with Gasteiger partial charge < -0.3 is 15.3 Å². The molecule has 2 saturated heterocycles. The van der Waals surface area contributed by atoms with Crippen LogP contribution in [0.2, 0.25) is 0 Å². The van der Waals surface area contributed by atoms with Crippen LogP contribution in [0.25, 0.3) is 22.0 Å². The Hall–Kier alpha value is -3.23. The number of alkyl halides is 1. The number of nitrogens with zero attached hydrogens (tertiary/aromatic N) is 7. The lowest BCUT2D eigenvalue weighted by Crippen LogP contribution is -2.66. The Morgan fingerprint density at radius 1 is 1.20 bits per heavy atom. The molecule has 1 saturated carbocycles. The van der Waals surface area contributed by atoms with Crippen molar-refractivity contribution in [3.05, 3.63) is 29.4 Å². The summed E-state index contributed by atoms with van der Waals surface area (Å²) in [7, 11) is 0. The van der Waals surface area contributed by atoms with Crippen LogP contribution >= 0.6 is 11.3 Å². The number of nitriles is 1. The van der Waals surface area contributed by atoms with E-state index >= 15 is 4.39 Å². The zero-order valence-electron chi connectivity index (χ0n) is 19.4. The van der Waals surface area contributed by atoms with E-state index in [-0.39, 0.29) is 34.2 Å². The van der Waals surface area contributed by atoms with Gasteiger partial charge in [-0.05, 0) is 58.1 Å². The molecule has 3 aliphatic rings. The summed E-state index contributed by atoms with van der Waals surface area (Å²) in [6.45, 7) is 4.17. The summed E-state index contributed by atoms with van der Waals surface area (Å²) < 4.78 is 15.8. The summed E-state index contributed by atoms with van der Waals surface area (Å²) in [4.78, 5) is 6.59. The molecule has 1 aromatic carbocycles. The van der Waals surface area contributed by atoms with Crippen LogP contribution in [0.4, 0.5) is 10.2 Å². The van der Waals surface area contributed by atoms with Crippen molar-refractivity contribution >= 4 is 17.2 Å². The Bertz CT molecular complexity index is 1320. The van der Waals surface area contributed by atoms with Gasteiger partial charge in [-0.2, -0.15) is 5.26 Å². The fourth-order valence-electron chi connectivity index (χ4n) is 5.67. The third-order valence-corrected chi connectivity index (χ3v) is 8.38.